The van der Waals surface area contributed by atoms with E-state index in [-0.39, 0.29) is 0 Å². The summed E-state index contributed by atoms with van der Waals surface area (Å²) in [5.41, 5.74) is -4.76. The fourth-order valence-electron chi connectivity index (χ4n) is 3.71. The lowest BCUT2D eigenvalue weighted by molar-refractivity contribution is -0.314. The maximum absolute atomic E-state index is 13.6. The number of alkyl halides is 1. The van der Waals surface area contributed by atoms with Crippen molar-refractivity contribution >= 4 is 0 Å². The smallest absolute Gasteiger partial charge is 0.330 e. The number of rotatable bonds is 4. The van der Waals surface area contributed by atoms with Crippen molar-refractivity contribution in [1.82, 2.24) is 9.55 Å². The Morgan fingerprint density at radius 2 is 1.79 bits per heavy atom. The van der Waals surface area contributed by atoms with Crippen LogP contribution in [0.5, 0.6) is 0 Å². The van der Waals surface area contributed by atoms with Crippen LogP contribution in [0.3, 0.4) is 0 Å². The Morgan fingerprint density at radius 1 is 1.14 bits per heavy atom. The second-order valence-corrected chi connectivity index (χ2v) is 6.87. The summed E-state index contributed by atoms with van der Waals surface area (Å²) in [6.45, 7) is -0.869. The predicted octanol–water partition coefficient (Wildman–Crippen LogP) is -5.56. The van der Waals surface area contributed by atoms with Crippen LogP contribution >= 0.6 is 0 Å². The van der Waals surface area contributed by atoms with Gasteiger partial charge < -0.3 is 45.2 Å². The molecule has 1 aromatic heterocycles. The Bertz CT molecular complexity index is 844. The third kappa shape index (κ3) is 3.31. The van der Waals surface area contributed by atoms with Crippen molar-refractivity contribution < 1.29 is 49.6 Å². The second-order valence-electron chi connectivity index (χ2n) is 6.87. The van der Waals surface area contributed by atoms with Crippen molar-refractivity contribution in [3.63, 3.8) is 0 Å². The maximum Gasteiger partial charge on any atom is 0.330 e. The highest BCUT2D eigenvalue weighted by Gasteiger charge is 2.66. The molecule has 2 unspecified atom stereocenters. The number of aliphatic hydroxyl groups excluding tert-OH is 7. The molecule has 2 aliphatic rings. The first-order valence-electron chi connectivity index (χ1n) is 8.55. The third-order valence-corrected chi connectivity index (χ3v) is 5.18. The minimum atomic E-state index is -2.84. The van der Waals surface area contributed by atoms with Gasteiger partial charge in [-0.25, -0.2) is 9.18 Å². The topological polar surface area (TPSA) is 215 Å². The lowest BCUT2D eigenvalue weighted by Gasteiger charge is -2.48. The van der Waals surface area contributed by atoms with Crippen molar-refractivity contribution in [2.45, 2.75) is 60.9 Å². The SMILES string of the molecule is O=c1ccn([C@]2(C3O[C@H](CO)[C@H](O)[C@H](O)[C@H]3O)O[C@H](C(O)F)[C@@H](O)[C@H]2O)c(=O)[nH]1. The van der Waals surface area contributed by atoms with Crippen LogP contribution in [0.15, 0.2) is 21.9 Å². The first kappa shape index (κ1) is 21.9. The number of H-pyrrole nitrogens is 1. The molecule has 0 aromatic carbocycles. The van der Waals surface area contributed by atoms with E-state index < -0.39 is 78.8 Å². The Morgan fingerprint density at radius 3 is 2.31 bits per heavy atom. The quantitative estimate of drug-likeness (QED) is 0.228. The van der Waals surface area contributed by atoms with Crippen LogP contribution < -0.4 is 11.2 Å². The molecule has 10 atom stereocenters. The largest absolute Gasteiger partial charge is 0.394 e. The highest BCUT2D eigenvalue weighted by molar-refractivity contribution is 5.10. The standard InChI is InChI=1S/C15H21FN2O11/c16-13(26)10-9(24)11(25)15(29-10,18-2-1-5(20)17-14(18)27)12-8(23)7(22)6(21)4(3-19)28-12/h1-2,4,6-13,19,21-26H,3H2,(H,17,20,27)/t4-,6+,7+,8-,9-,10+,11-,12?,13?,15+/m1/s1. The molecule has 0 bridgehead atoms. The monoisotopic (exact) mass is 424 g/mol. The van der Waals surface area contributed by atoms with Gasteiger partial charge >= 0.3 is 5.69 Å². The van der Waals surface area contributed by atoms with E-state index in [0.29, 0.717) is 4.57 Å². The van der Waals surface area contributed by atoms with Gasteiger partial charge in [-0.05, 0) is 0 Å². The van der Waals surface area contributed by atoms with Crippen LogP contribution in [0.4, 0.5) is 4.39 Å². The molecule has 3 rings (SSSR count). The molecule has 8 N–H and O–H groups in total. The molecule has 2 aliphatic heterocycles. The second kappa shape index (κ2) is 7.82. The molecule has 29 heavy (non-hydrogen) atoms. The number of hydrogen-bond donors (Lipinski definition) is 8. The normalized spacial score (nSPS) is 44.0. The Balaban J connectivity index is 2.21. The van der Waals surface area contributed by atoms with Gasteiger partial charge in [0.25, 0.3) is 5.56 Å². The van der Waals surface area contributed by atoms with Crippen LogP contribution in [0.25, 0.3) is 0 Å². The van der Waals surface area contributed by atoms with Crippen LogP contribution in [0, 0.1) is 0 Å². The van der Waals surface area contributed by atoms with Gasteiger partial charge in [-0.15, -0.1) is 0 Å². The minimum Gasteiger partial charge on any atom is -0.394 e. The van der Waals surface area contributed by atoms with E-state index in [1.54, 1.807) is 0 Å². The van der Waals surface area contributed by atoms with Crippen LogP contribution in [0.1, 0.15) is 0 Å². The summed E-state index contributed by atoms with van der Waals surface area (Å²) in [6, 6.07) is 0.814. The molecule has 1 aromatic rings. The maximum atomic E-state index is 13.6. The zero-order valence-corrected chi connectivity index (χ0v) is 14.6. The molecule has 13 nitrogen and oxygen atoms in total. The fraction of sp³-hybridized carbons (Fsp3) is 0.733. The molecule has 0 saturated carbocycles. The van der Waals surface area contributed by atoms with Gasteiger partial charge in [-0.3, -0.25) is 14.3 Å². The molecule has 164 valence electrons. The van der Waals surface area contributed by atoms with Gasteiger partial charge in [0.1, 0.15) is 48.8 Å². The van der Waals surface area contributed by atoms with Crippen LogP contribution in [-0.2, 0) is 15.2 Å². The lowest BCUT2D eigenvalue weighted by Crippen LogP contribution is -2.69. The summed E-state index contributed by atoms with van der Waals surface area (Å²) < 4.78 is 24.7. The number of ether oxygens (including phenoxy) is 2. The van der Waals surface area contributed by atoms with Gasteiger partial charge in [0.15, 0.2) is 0 Å². The summed E-state index contributed by atoms with van der Waals surface area (Å²) in [5.74, 6) is 0. The summed E-state index contributed by atoms with van der Waals surface area (Å²) >= 11 is 0. The van der Waals surface area contributed by atoms with Gasteiger partial charge in [0.05, 0.1) is 6.61 Å². The van der Waals surface area contributed by atoms with Crippen molar-refractivity contribution in [3.8, 4) is 0 Å². The van der Waals surface area contributed by atoms with Crippen LogP contribution in [-0.4, -0.2) is 107 Å². The van der Waals surface area contributed by atoms with Gasteiger partial charge in [0.2, 0.25) is 12.1 Å². The highest BCUT2D eigenvalue weighted by atomic mass is 19.1. The molecule has 2 saturated heterocycles. The van der Waals surface area contributed by atoms with E-state index >= 15 is 0 Å². The zero-order chi connectivity index (χ0) is 21.7. The number of nitrogens with one attached hydrogen (secondary N) is 1. The number of halogens is 1. The first-order valence-corrected chi connectivity index (χ1v) is 8.55. The molecule has 14 heteroatoms. The van der Waals surface area contributed by atoms with E-state index in [9.17, 15) is 49.7 Å². The van der Waals surface area contributed by atoms with Crippen LogP contribution in [0.2, 0.25) is 0 Å². The fourth-order valence-corrected chi connectivity index (χ4v) is 3.71. The molecule has 3 heterocycles. The first-order chi connectivity index (χ1) is 13.6. The molecule has 0 amide bonds. The van der Waals surface area contributed by atoms with Crippen molar-refractivity contribution in [2.75, 3.05) is 6.61 Å². The molecule has 0 spiro atoms. The zero-order valence-electron chi connectivity index (χ0n) is 14.6. The Kier molecular flexibility index (Phi) is 5.92. The molecular weight excluding hydrogens is 403 g/mol. The average Bonchev–Trinajstić information content (AvgIpc) is 2.93. The van der Waals surface area contributed by atoms with Gasteiger partial charge in [0, 0.05) is 12.3 Å². The summed E-state index contributed by atoms with van der Waals surface area (Å²) in [5, 5.41) is 69.9. The number of aromatic amines is 1. The van der Waals surface area contributed by atoms with Crippen molar-refractivity contribution in [2.24, 2.45) is 0 Å². The van der Waals surface area contributed by atoms with Crippen molar-refractivity contribution in [3.05, 3.63) is 33.1 Å². The number of nitrogens with zero attached hydrogens (tertiary/aromatic N) is 1. The van der Waals surface area contributed by atoms with E-state index in [2.05, 4.69) is 0 Å². The minimum absolute atomic E-state index is 0.484. The number of hydrogen-bond acceptors (Lipinski definition) is 11. The summed E-state index contributed by atoms with van der Waals surface area (Å²) in [4.78, 5) is 25.6. The van der Waals surface area contributed by atoms with E-state index in [1.165, 1.54) is 0 Å². The molecule has 0 radical (unpaired) electrons. The number of aliphatic hydroxyl groups is 7. The summed E-state index contributed by atoms with van der Waals surface area (Å²) in [7, 11) is 0. The Hall–Kier alpha value is -1.75. The molecular formula is C15H21FN2O11. The average molecular weight is 424 g/mol. The summed E-state index contributed by atoms with van der Waals surface area (Å²) in [6.07, 6.45) is -17.9. The van der Waals surface area contributed by atoms with E-state index in [0.717, 1.165) is 12.3 Å². The van der Waals surface area contributed by atoms with Gasteiger partial charge in [-0.2, -0.15) is 0 Å². The van der Waals surface area contributed by atoms with E-state index in [4.69, 9.17) is 9.47 Å². The van der Waals surface area contributed by atoms with Gasteiger partial charge in [-0.1, -0.05) is 0 Å². The van der Waals surface area contributed by atoms with Crippen molar-refractivity contribution in [1.29, 1.82) is 0 Å². The highest BCUT2D eigenvalue weighted by Crippen LogP contribution is 2.43. The Labute approximate surface area is 160 Å². The molecule has 2 fully saturated rings. The number of aromatic nitrogens is 2. The predicted molar refractivity (Wildman–Crippen MR) is 87.1 cm³/mol. The van der Waals surface area contributed by atoms with E-state index in [1.807, 2.05) is 4.98 Å². The lowest BCUT2D eigenvalue weighted by atomic mass is 9.85. The third-order valence-electron chi connectivity index (χ3n) is 5.18. The molecule has 0 aliphatic carbocycles.